The van der Waals surface area contributed by atoms with Gasteiger partial charge >= 0.3 is 0 Å². The van der Waals surface area contributed by atoms with Crippen LogP contribution in [0.2, 0.25) is 0 Å². The summed E-state index contributed by atoms with van der Waals surface area (Å²) in [6.45, 7) is 1.91. The molecule has 0 amide bonds. The van der Waals surface area contributed by atoms with E-state index in [1.54, 1.807) is 10.7 Å². The van der Waals surface area contributed by atoms with E-state index in [-0.39, 0.29) is 5.88 Å². The lowest BCUT2D eigenvalue weighted by atomic mass is 10.2. The van der Waals surface area contributed by atoms with Crippen LogP contribution in [0.25, 0.3) is 16.9 Å². The summed E-state index contributed by atoms with van der Waals surface area (Å²) in [5, 5.41) is 13.7. The predicted molar refractivity (Wildman–Crippen MR) is 76.8 cm³/mol. The standard InChI is InChI=1S/C14H12ClN5/c1-9-13-14(19(2)18-9)20(12(7-15)17-13)11-6-4-3-5-10(11)8-16/h3-6H,7H2,1-2H3. The third-order valence-electron chi connectivity index (χ3n) is 3.26. The van der Waals surface area contributed by atoms with Gasteiger partial charge in [-0.15, -0.1) is 11.6 Å². The smallest absolute Gasteiger partial charge is 0.163 e. The summed E-state index contributed by atoms with van der Waals surface area (Å²) in [6.07, 6.45) is 0. The van der Waals surface area contributed by atoms with Crippen molar-refractivity contribution in [2.75, 3.05) is 0 Å². The highest BCUT2D eigenvalue weighted by molar-refractivity contribution is 6.17. The lowest BCUT2D eigenvalue weighted by molar-refractivity contribution is 0.755. The molecule has 0 aliphatic carbocycles. The predicted octanol–water partition coefficient (Wildman–Crippen LogP) is 2.68. The number of fused-ring (bicyclic) bond motifs is 1. The number of nitriles is 1. The van der Waals surface area contributed by atoms with E-state index in [0.717, 1.165) is 22.5 Å². The average molecular weight is 286 g/mol. The van der Waals surface area contributed by atoms with E-state index in [4.69, 9.17) is 11.6 Å². The van der Waals surface area contributed by atoms with Crippen molar-refractivity contribution in [3.05, 3.63) is 41.3 Å². The first kappa shape index (κ1) is 12.7. The molecule has 0 aliphatic rings. The molecule has 100 valence electrons. The minimum absolute atomic E-state index is 0.272. The van der Waals surface area contributed by atoms with Crippen LogP contribution in [0, 0.1) is 18.3 Å². The zero-order valence-electron chi connectivity index (χ0n) is 11.1. The van der Waals surface area contributed by atoms with E-state index in [1.165, 1.54) is 0 Å². The van der Waals surface area contributed by atoms with Gasteiger partial charge in [-0.1, -0.05) is 12.1 Å². The van der Waals surface area contributed by atoms with E-state index < -0.39 is 0 Å². The Morgan fingerprint density at radius 1 is 1.35 bits per heavy atom. The highest BCUT2D eigenvalue weighted by Crippen LogP contribution is 2.26. The minimum Gasteiger partial charge on any atom is -0.279 e. The van der Waals surface area contributed by atoms with Crippen molar-refractivity contribution in [1.29, 1.82) is 5.26 Å². The number of para-hydroxylation sites is 1. The van der Waals surface area contributed by atoms with Gasteiger partial charge in [0.05, 0.1) is 22.8 Å². The third-order valence-corrected chi connectivity index (χ3v) is 3.50. The van der Waals surface area contributed by atoms with Gasteiger partial charge < -0.3 is 0 Å². The molecule has 0 unspecified atom stereocenters. The normalized spacial score (nSPS) is 10.9. The number of imidazole rings is 1. The average Bonchev–Trinajstić information content (AvgIpc) is 2.97. The molecule has 5 nitrogen and oxygen atoms in total. The zero-order chi connectivity index (χ0) is 14.3. The van der Waals surface area contributed by atoms with Crippen LogP contribution in [-0.2, 0) is 12.9 Å². The van der Waals surface area contributed by atoms with Crippen molar-refractivity contribution in [2.24, 2.45) is 7.05 Å². The lowest BCUT2D eigenvalue weighted by Gasteiger charge is -2.09. The van der Waals surface area contributed by atoms with Crippen LogP contribution < -0.4 is 0 Å². The largest absolute Gasteiger partial charge is 0.279 e. The fourth-order valence-corrected chi connectivity index (χ4v) is 2.60. The molecule has 3 aromatic rings. The monoisotopic (exact) mass is 285 g/mol. The molecule has 0 atom stereocenters. The summed E-state index contributed by atoms with van der Waals surface area (Å²) < 4.78 is 3.67. The van der Waals surface area contributed by atoms with Gasteiger partial charge in [0.2, 0.25) is 0 Å². The summed E-state index contributed by atoms with van der Waals surface area (Å²) in [7, 11) is 1.86. The number of halogens is 1. The fraction of sp³-hybridized carbons (Fsp3) is 0.214. The summed E-state index contributed by atoms with van der Waals surface area (Å²) in [5.74, 6) is 0.980. The van der Waals surface area contributed by atoms with Crippen LogP contribution in [0.5, 0.6) is 0 Å². The number of hydrogen-bond donors (Lipinski definition) is 0. The second-order valence-electron chi connectivity index (χ2n) is 4.51. The quantitative estimate of drug-likeness (QED) is 0.680. The van der Waals surface area contributed by atoms with Crippen LogP contribution in [0.1, 0.15) is 17.1 Å². The fourth-order valence-electron chi connectivity index (χ4n) is 2.42. The Labute approximate surface area is 121 Å². The summed E-state index contributed by atoms with van der Waals surface area (Å²) in [6, 6.07) is 9.60. The summed E-state index contributed by atoms with van der Waals surface area (Å²) >= 11 is 6.01. The van der Waals surface area contributed by atoms with E-state index in [0.29, 0.717) is 11.4 Å². The number of hydrogen-bond acceptors (Lipinski definition) is 3. The number of alkyl halides is 1. The minimum atomic E-state index is 0.272. The molecule has 1 aromatic carbocycles. The number of nitrogens with zero attached hydrogens (tertiary/aromatic N) is 5. The van der Waals surface area contributed by atoms with Crippen LogP contribution in [0.3, 0.4) is 0 Å². The van der Waals surface area contributed by atoms with Crippen LogP contribution in [0.15, 0.2) is 24.3 Å². The molecule has 0 fully saturated rings. The van der Waals surface area contributed by atoms with Gasteiger partial charge in [0, 0.05) is 7.05 Å². The van der Waals surface area contributed by atoms with Crippen molar-refractivity contribution in [1.82, 2.24) is 19.3 Å². The van der Waals surface area contributed by atoms with Crippen LogP contribution in [0.4, 0.5) is 0 Å². The second-order valence-corrected chi connectivity index (χ2v) is 4.77. The van der Waals surface area contributed by atoms with Crippen molar-refractivity contribution in [2.45, 2.75) is 12.8 Å². The number of benzene rings is 1. The van der Waals surface area contributed by atoms with Crippen LogP contribution >= 0.6 is 11.6 Å². The topological polar surface area (TPSA) is 59.4 Å². The number of aromatic nitrogens is 4. The van der Waals surface area contributed by atoms with Crippen molar-refractivity contribution >= 4 is 22.8 Å². The Bertz CT molecular complexity index is 837. The van der Waals surface area contributed by atoms with Gasteiger partial charge in [-0.2, -0.15) is 10.4 Å². The van der Waals surface area contributed by atoms with Gasteiger partial charge in [0.15, 0.2) is 5.65 Å². The highest BCUT2D eigenvalue weighted by Gasteiger charge is 2.19. The van der Waals surface area contributed by atoms with Gasteiger partial charge in [-0.05, 0) is 19.1 Å². The Balaban J connectivity index is 2.43. The molecule has 2 aromatic heterocycles. The van der Waals surface area contributed by atoms with Gasteiger partial charge in [0.1, 0.15) is 17.4 Å². The van der Waals surface area contributed by atoms with E-state index in [1.807, 2.05) is 36.7 Å². The molecule has 2 heterocycles. The van der Waals surface area contributed by atoms with Gasteiger partial charge in [0.25, 0.3) is 0 Å². The molecule has 6 heteroatoms. The molecular weight excluding hydrogens is 274 g/mol. The Hall–Kier alpha value is -2.32. The first-order valence-corrected chi connectivity index (χ1v) is 6.67. The van der Waals surface area contributed by atoms with Gasteiger partial charge in [-0.25, -0.2) is 9.67 Å². The molecule has 0 saturated carbocycles. The molecule has 0 aliphatic heterocycles. The zero-order valence-corrected chi connectivity index (χ0v) is 11.9. The van der Waals surface area contributed by atoms with Gasteiger partial charge in [-0.3, -0.25) is 4.57 Å². The van der Waals surface area contributed by atoms with Crippen molar-refractivity contribution < 1.29 is 0 Å². The number of aryl methyl sites for hydroxylation is 2. The molecular formula is C14H12ClN5. The maximum absolute atomic E-state index is 9.29. The molecule has 0 saturated heterocycles. The maximum atomic E-state index is 9.29. The first-order valence-electron chi connectivity index (χ1n) is 6.13. The van der Waals surface area contributed by atoms with E-state index in [9.17, 15) is 5.26 Å². The molecule has 0 radical (unpaired) electrons. The Kier molecular flexibility index (Phi) is 2.96. The van der Waals surface area contributed by atoms with Crippen molar-refractivity contribution in [3.63, 3.8) is 0 Å². The van der Waals surface area contributed by atoms with Crippen LogP contribution in [-0.4, -0.2) is 19.3 Å². The molecule has 0 spiro atoms. The number of rotatable bonds is 2. The molecule has 0 N–H and O–H groups in total. The SMILES string of the molecule is Cc1nn(C)c2c1nc(CCl)n2-c1ccccc1C#N. The first-order chi connectivity index (χ1) is 9.67. The maximum Gasteiger partial charge on any atom is 0.163 e. The Morgan fingerprint density at radius 2 is 2.10 bits per heavy atom. The molecule has 0 bridgehead atoms. The molecule has 3 rings (SSSR count). The highest BCUT2D eigenvalue weighted by atomic mass is 35.5. The lowest BCUT2D eigenvalue weighted by Crippen LogP contribution is -2.05. The van der Waals surface area contributed by atoms with E-state index >= 15 is 0 Å². The van der Waals surface area contributed by atoms with Crippen molar-refractivity contribution in [3.8, 4) is 11.8 Å². The molecule has 20 heavy (non-hydrogen) atoms. The summed E-state index contributed by atoms with van der Waals surface area (Å²) in [4.78, 5) is 4.54. The second kappa shape index (κ2) is 4.66. The van der Waals surface area contributed by atoms with E-state index in [2.05, 4.69) is 16.2 Å². The Morgan fingerprint density at radius 3 is 2.80 bits per heavy atom. The summed E-state index contributed by atoms with van der Waals surface area (Å²) in [5.41, 5.74) is 3.87. The third kappa shape index (κ3) is 1.69.